The number of nitrogens with zero attached hydrogens (tertiary/aromatic N) is 2. The Balaban J connectivity index is 2.16. The average Bonchev–Trinajstić information content (AvgIpc) is 2.53. The Morgan fingerprint density at radius 2 is 2.21 bits per heavy atom. The highest BCUT2D eigenvalue weighted by atomic mass is 35.5. The summed E-state index contributed by atoms with van der Waals surface area (Å²) in [5.74, 6) is -0.214. The van der Waals surface area contributed by atoms with E-state index in [9.17, 15) is 14.9 Å². The first-order valence-electron chi connectivity index (χ1n) is 7.43. The van der Waals surface area contributed by atoms with E-state index >= 15 is 0 Å². The maximum absolute atomic E-state index is 12.2. The Morgan fingerprint density at radius 3 is 2.83 bits per heavy atom. The molecule has 1 aliphatic rings. The van der Waals surface area contributed by atoms with Crippen LogP contribution in [0.25, 0.3) is 0 Å². The molecule has 24 heavy (non-hydrogen) atoms. The van der Waals surface area contributed by atoms with Crippen LogP contribution in [-0.2, 0) is 0 Å². The van der Waals surface area contributed by atoms with Crippen molar-refractivity contribution in [3.05, 3.63) is 62.7 Å². The van der Waals surface area contributed by atoms with E-state index in [4.69, 9.17) is 11.6 Å². The Labute approximate surface area is 145 Å². The molecule has 0 spiro atoms. The molecule has 2 rings (SSSR count). The summed E-state index contributed by atoms with van der Waals surface area (Å²) in [6, 6.07) is 3.88. The predicted molar refractivity (Wildman–Crippen MR) is 94.3 cm³/mol. The SMILES string of the molecule is C=C(C)C1CC=C(C)C(=NNC(=O)c2ccc(Cl)c([N+](=O)[O-])c2)C1. The number of carbonyl (C=O) groups is 1. The van der Waals surface area contributed by atoms with E-state index in [0.717, 1.165) is 29.3 Å². The summed E-state index contributed by atoms with van der Waals surface area (Å²) in [5, 5.41) is 15.1. The van der Waals surface area contributed by atoms with Crippen LogP contribution in [0, 0.1) is 16.0 Å². The second-order valence-electron chi connectivity index (χ2n) is 5.79. The quantitative estimate of drug-likeness (QED) is 0.501. The summed E-state index contributed by atoms with van der Waals surface area (Å²) in [6.07, 6.45) is 3.69. The number of allylic oxidation sites excluding steroid dienone is 3. The van der Waals surface area contributed by atoms with E-state index in [1.807, 2.05) is 13.8 Å². The van der Waals surface area contributed by atoms with E-state index in [0.29, 0.717) is 12.3 Å². The Hall–Kier alpha value is -2.47. The fourth-order valence-corrected chi connectivity index (χ4v) is 2.59. The van der Waals surface area contributed by atoms with Crippen molar-refractivity contribution in [3.8, 4) is 0 Å². The lowest BCUT2D eigenvalue weighted by Gasteiger charge is -2.22. The van der Waals surface area contributed by atoms with Crippen LogP contribution >= 0.6 is 11.6 Å². The smallest absolute Gasteiger partial charge is 0.267 e. The molecule has 1 unspecified atom stereocenters. The van der Waals surface area contributed by atoms with Gasteiger partial charge in [-0.3, -0.25) is 14.9 Å². The largest absolute Gasteiger partial charge is 0.288 e. The van der Waals surface area contributed by atoms with E-state index in [-0.39, 0.29) is 16.3 Å². The summed E-state index contributed by atoms with van der Waals surface area (Å²) >= 11 is 5.74. The number of amides is 1. The number of benzene rings is 1. The van der Waals surface area contributed by atoms with Gasteiger partial charge in [0.2, 0.25) is 0 Å². The van der Waals surface area contributed by atoms with Gasteiger partial charge in [-0.2, -0.15) is 5.10 Å². The molecule has 0 bridgehead atoms. The number of nitrogens with one attached hydrogen (secondary N) is 1. The Bertz CT molecular complexity index is 768. The molecule has 0 fully saturated rings. The van der Waals surface area contributed by atoms with E-state index in [2.05, 4.69) is 23.2 Å². The minimum absolute atomic E-state index is 0.0155. The van der Waals surface area contributed by atoms with Crippen molar-refractivity contribution in [1.82, 2.24) is 5.43 Å². The molecule has 1 atom stereocenters. The number of hydrazone groups is 1. The van der Waals surface area contributed by atoms with Crippen LogP contribution in [0.3, 0.4) is 0 Å². The van der Waals surface area contributed by atoms with Gasteiger partial charge in [-0.25, -0.2) is 5.43 Å². The first-order valence-corrected chi connectivity index (χ1v) is 7.80. The number of carbonyl (C=O) groups excluding carboxylic acids is 1. The summed E-state index contributed by atoms with van der Waals surface area (Å²) in [4.78, 5) is 22.4. The monoisotopic (exact) mass is 347 g/mol. The average molecular weight is 348 g/mol. The zero-order chi connectivity index (χ0) is 17.9. The maximum atomic E-state index is 12.2. The zero-order valence-corrected chi connectivity index (χ0v) is 14.3. The molecule has 0 aromatic heterocycles. The highest BCUT2D eigenvalue weighted by Gasteiger charge is 2.20. The first kappa shape index (κ1) is 17.9. The summed E-state index contributed by atoms with van der Waals surface area (Å²) in [7, 11) is 0. The highest BCUT2D eigenvalue weighted by molar-refractivity contribution is 6.32. The van der Waals surface area contributed by atoms with E-state index in [1.54, 1.807) is 0 Å². The summed E-state index contributed by atoms with van der Waals surface area (Å²) in [5.41, 5.74) is 5.14. The minimum Gasteiger partial charge on any atom is -0.267 e. The lowest BCUT2D eigenvalue weighted by atomic mass is 9.85. The van der Waals surface area contributed by atoms with Crippen molar-refractivity contribution in [3.63, 3.8) is 0 Å². The van der Waals surface area contributed by atoms with Crippen LogP contribution in [0.2, 0.25) is 5.02 Å². The van der Waals surface area contributed by atoms with Crippen LogP contribution in [0.5, 0.6) is 0 Å². The molecule has 0 saturated heterocycles. The molecule has 1 amide bonds. The van der Waals surface area contributed by atoms with Crippen LogP contribution in [-0.4, -0.2) is 16.5 Å². The predicted octanol–water partition coefficient (Wildman–Crippen LogP) is 4.27. The highest BCUT2D eigenvalue weighted by Crippen LogP contribution is 2.27. The molecule has 0 saturated carbocycles. The Kier molecular flexibility index (Phi) is 5.51. The molecule has 1 aliphatic carbocycles. The van der Waals surface area contributed by atoms with Crippen LogP contribution in [0.4, 0.5) is 5.69 Å². The normalized spacial score (nSPS) is 18.9. The first-order chi connectivity index (χ1) is 11.3. The maximum Gasteiger partial charge on any atom is 0.288 e. The van der Waals surface area contributed by atoms with Gasteiger partial charge in [-0.1, -0.05) is 29.8 Å². The van der Waals surface area contributed by atoms with Crippen molar-refractivity contribution in [2.45, 2.75) is 26.7 Å². The van der Waals surface area contributed by atoms with E-state index < -0.39 is 10.8 Å². The zero-order valence-electron chi connectivity index (χ0n) is 13.5. The Morgan fingerprint density at radius 1 is 1.50 bits per heavy atom. The molecular weight excluding hydrogens is 330 g/mol. The van der Waals surface area contributed by atoms with Gasteiger partial charge in [0.1, 0.15) is 5.02 Å². The number of hydrogen-bond donors (Lipinski definition) is 1. The van der Waals surface area contributed by atoms with Crippen LogP contribution in [0.15, 0.2) is 47.1 Å². The summed E-state index contributed by atoms with van der Waals surface area (Å²) in [6.45, 7) is 7.88. The van der Waals surface area contributed by atoms with Gasteiger partial charge in [0, 0.05) is 11.6 Å². The fraction of sp³-hybridized carbons (Fsp3) is 0.294. The molecule has 0 heterocycles. The number of nitro benzene ring substituents is 1. The van der Waals surface area contributed by atoms with Gasteiger partial charge in [0.25, 0.3) is 11.6 Å². The summed E-state index contributed by atoms with van der Waals surface area (Å²) < 4.78 is 0. The molecule has 126 valence electrons. The molecule has 0 aliphatic heterocycles. The van der Waals surface area contributed by atoms with Crippen molar-refractivity contribution in [1.29, 1.82) is 0 Å². The van der Waals surface area contributed by atoms with Gasteiger partial charge >= 0.3 is 0 Å². The van der Waals surface area contributed by atoms with Gasteiger partial charge in [-0.15, -0.1) is 0 Å². The van der Waals surface area contributed by atoms with Crippen molar-refractivity contribution in [2.24, 2.45) is 11.0 Å². The topological polar surface area (TPSA) is 84.6 Å². The minimum atomic E-state index is -0.628. The van der Waals surface area contributed by atoms with Crippen molar-refractivity contribution in [2.75, 3.05) is 0 Å². The molecule has 1 aromatic carbocycles. The number of halogens is 1. The van der Waals surface area contributed by atoms with Gasteiger partial charge in [-0.05, 0) is 50.3 Å². The third-order valence-electron chi connectivity index (χ3n) is 4.00. The van der Waals surface area contributed by atoms with Gasteiger partial charge < -0.3 is 0 Å². The molecule has 1 N–H and O–H groups in total. The molecule has 1 aromatic rings. The van der Waals surface area contributed by atoms with Crippen LogP contribution < -0.4 is 5.43 Å². The molecular formula is C17H18ClN3O3. The lowest BCUT2D eigenvalue weighted by molar-refractivity contribution is -0.384. The standard InChI is InChI=1S/C17H18ClN3O3/c1-10(2)12-5-4-11(3)15(8-12)19-20-17(22)13-6-7-14(18)16(9-13)21(23)24/h4,6-7,9,12H,1,5,8H2,2-3H3,(H,20,22). The lowest BCUT2D eigenvalue weighted by Crippen LogP contribution is -2.23. The van der Waals surface area contributed by atoms with Gasteiger partial charge in [0.05, 0.1) is 10.6 Å². The van der Waals surface area contributed by atoms with Crippen LogP contribution in [0.1, 0.15) is 37.0 Å². The number of rotatable bonds is 4. The van der Waals surface area contributed by atoms with Gasteiger partial charge in [0.15, 0.2) is 0 Å². The fourth-order valence-electron chi connectivity index (χ4n) is 2.40. The third kappa shape index (κ3) is 4.08. The molecule has 0 radical (unpaired) electrons. The van der Waals surface area contributed by atoms with Crippen molar-refractivity contribution >= 4 is 28.9 Å². The molecule has 6 nitrogen and oxygen atoms in total. The molecule has 7 heteroatoms. The third-order valence-corrected chi connectivity index (χ3v) is 4.32. The second kappa shape index (κ2) is 7.40. The van der Waals surface area contributed by atoms with E-state index in [1.165, 1.54) is 12.1 Å². The second-order valence-corrected chi connectivity index (χ2v) is 6.20. The number of nitro groups is 1. The van der Waals surface area contributed by atoms with Crippen molar-refractivity contribution < 1.29 is 9.72 Å². The number of hydrogen-bond acceptors (Lipinski definition) is 4.